The van der Waals surface area contributed by atoms with E-state index in [9.17, 15) is 14.4 Å². The van der Waals surface area contributed by atoms with Crippen LogP contribution in [-0.4, -0.2) is 60.2 Å². The van der Waals surface area contributed by atoms with Crippen LogP contribution in [-0.2, 0) is 16.0 Å². The molecule has 1 fully saturated rings. The highest BCUT2D eigenvalue weighted by Gasteiger charge is 2.39. The Morgan fingerprint density at radius 3 is 2.59 bits per heavy atom. The van der Waals surface area contributed by atoms with Gasteiger partial charge in [0.05, 0.1) is 5.92 Å². The van der Waals surface area contributed by atoms with Gasteiger partial charge in [-0.15, -0.1) is 0 Å². The number of hydrogen-bond acceptors (Lipinski definition) is 3. The zero-order valence-corrected chi connectivity index (χ0v) is 16.5. The summed E-state index contributed by atoms with van der Waals surface area (Å²) in [5.74, 6) is -0.736. The number of nitrogens with one attached hydrogen (secondary N) is 1. The van der Waals surface area contributed by atoms with Crippen LogP contribution in [0.4, 0.5) is 0 Å². The van der Waals surface area contributed by atoms with Gasteiger partial charge in [0.25, 0.3) is 5.91 Å². The fourth-order valence-corrected chi connectivity index (χ4v) is 4.25. The minimum atomic E-state index is -0.553. The Labute approximate surface area is 170 Å². The van der Waals surface area contributed by atoms with E-state index in [0.29, 0.717) is 38.0 Å². The fourth-order valence-electron chi connectivity index (χ4n) is 4.25. The highest BCUT2D eigenvalue weighted by atomic mass is 16.2. The number of fused-ring (bicyclic) bond motifs is 1. The Morgan fingerprint density at radius 1 is 1.07 bits per heavy atom. The molecule has 2 aromatic carbocycles. The minimum absolute atomic E-state index is 0.0703. The van der Waals surface area contributed by atoms with Crippen molar-refractivity contribution in [2.24, 2.45) is 0 Å². The van der Waals surface area contributed by atoms with E-state index in [2.05, 4.69) is 5.32 Å². The van der Waals surface area contributed by atoms with Gasteiger partial charge in [-0.2, -0.15) is 0 Å². The second-order valence-corrected chi connectivity index (χ2v) is 7.71. The standard InChI is InChI=1S/C23H25N3O3/c1-25-15-19(17-10-5-6-11-18(17)22(25)28)23(29)26-13-7-12-24-21(27)20(26)14-16-8-3-2-4-9-16/h2-6,8-11,19-20H,7,12-15H2,1H3,(H,24,27). The van der Waals surface area contributed by atoms with Crippen molar-refractivity contribution < 1.29 is 14.4 Å². The molecule has 150 valence electrons. The van der Waals surface area contributed by atoms with Gasteiger partial charge in [-0.3, -0.25) is 14.4 Å². The summed E-state index contributed by atoms with van der Waals surface area (Å²) < 4.78 is 0. The summed E-state index contributed by atoms with van der Waals surface area (Å²) in [6.45, 7) is 1.41. The van der Waals surface area contributed by atoms with Gasteiger partial charge in [0.2, 0.25) is 11.8 Å². The van der Waals surface area contributed by atoms with Crippen LogP contribution in [0.5, 0.6) is 0 Å². The first-order chi connectivity index (χ1) is 14.1. The number of benzene rings is 2. The zero-order valence-electron chi connectivity index (χ0n) is 16.5. The average Bonchev–Trinajstić information content (AvgIpc) is 2.92. The van der Waals surface area contributed by atoms with Gasteiger partial charge in [0.1, 0.15) is 6.04 Å². The number of hydrogen-bond donors (Lipinski definition) is 1. The Kier molecular flexibility index (Phi) is 5.34. The van der Waals surface area contributed by atoms with Gasteiger partial charge in [-0.1, -0.05) is 48.5 Å². The van der Waals surface area contributed by atoms with Gasteiger partial charge in [-0.25, -0.2) is 0 Å². The summed E-state index contributed by atoms with van der Waals surface area (Å²) in [5, 5.41) is 2.94. The van der Waals surface area contributed by atoms with Crippen LogP contribution < -0.4 is 5.32 Å². The Bertz CT molecular complexity index is 928. The molecule has 1 N–H and O–H groups in total. The summed E-state index contributed by atoms with van der Waals surface area (Å²) in [4.78, 5) is 42.3. The van der Waals surface area contributed by atoms with E-state index < -0.39 is 12.0 Å². The molecule has 2 atom stereocenters. The van der Waals surface area contributed by atoms with E-state index in [0.717, 1.165) is 11.1 Å². The maximum absolute atomic E-state index is 13.7. The normalized spacial score (nSPS) is 22.0. The number of carbonyl (C=O) groups is 3. The van der Waals surface area contributed by atoms with Gasteiger partial charge < -0.3 is 15.1 Å². The highest BCUT2D eigenvalue weighted by Crippen LogP contribution is 2.30. The highest BCUT2D eigenvalue weighted by molar-refractivity contribution is 6.01. The molecule has 2 aliphatic rings. The van der Waals surface area contributed by atoms with E-state index in [1.807, 2.05) is 48.5 Å². The Balaban J connectivity index is 1.67. The van der Waals surface area contributed by atoms with E-state index in [-0.39, 0.29) is 17.7 Å². The molecule has 0 spiro atoms. The number of likely N-dealkylation sites (N-methyl/N-ethyl adjacent to an activating group) is 1. The third-order valence-electron chi connectivity index (χ3n) is 5.78. The number of amides is 3. The van der Waals surface area contributed by atoms with Crippen LogP contribution >= 0.6 is 0 Å². The lowest BCUT2D eigenvalue weighted by molar-refractivity contribution is -0.141. The largest absolute Gasteiger partial charge is 0.354 e. The van der Waals surface area contributed by atoms with Crippen molar-refractivity contribution in [1.82, 2.24) is 15.1 Å². The van der Waals surface area contributed by atoms with Gasteiger partial charge >= 0.3 is 0 Å². The summed E-state index contributed by atoms with van der Waals surface area (Å²) in [7, 11) is 1.72. The molecule has 0 aromatic heterocycles. The molecule has 0 aliphatic carbocycles. The maximum Gasteiger partial charge on any atom is 0.253 e. The third kappa shape index (κ3) is 3.75. The summed E-state index contributed by atoms with van der Waals surface area (Å²) in [6, 6.07) is 16.5. The van der Waals surface area contributed by atoms with Crippen molar-refractivity contribution in [3.8, 4) is 0 Å². The monoisotopic (exact) mass is 391 g/mol. The van der Waals surface area contributed by atoms with Crippen LogP contribution in [0.15, 0.2) is 54.6 Å². The topological polar surface area (TPSA) is 69.7 Å². The van der Waals surface area contributed by atoms with Crippen molar-refractivity contribution >= 4 is 17.7 Å². The maximum atomic E-state index is 13.7. The van der Waals surface area contributed by atoms with Crippen molar-refractivity contribution in [3.63, 3.8) is 0 Å². The molecule has 3 amide bonds. The number of rotatable bonds is 3. The van der Waals surface area contributed by atoms with Crippen LogP contribution in [0.2, 0.25) is 0 Å². The molecule has 0 saturated carbocycles. The lowest BCUT2D eigenvalue weighted by atomic mass is 9.87. The zero-order chi connectivity index (χ0) is 20.4. The van der Waals surface area contributed by atoms with Gasteiger partial charge in [0, 0.05) is 38.7 Å². The van der Waals surface area contributed by atoms with Crippen LogP contribution in [0.25, 0.3) is 0 Å². The summed E-state index contributed by atoms with van der Waals surface area (Å²) >= 11 is 0. The second kappa shape index (κ2) is 8.07. The molecule has 6 heteroatoms. The van der Waals surface area contributed by atoms with Gasteiger partial charge in [0.15, 0.2) is 0 Å². The third-order valence-corrected chi connectivity index (χ3v) is 5.78. The molecule has 2 heterocycles. The fraction of sp³-hybridized carbons (Fsp3) is 0.348. The van der Waals surface area contributed by atoms with Crippen LogP contribution in [0.1, 0.15) is 33.8 Å². The van der Waals surface area contributed by atoms with E-state index in [1.54, 1.807) is 22.9 Å². The minimum Gasteiger partial charge on any atom is -0.354 e. The predicted octanol–water partition coefficient (Wildman–Crippen LogP) is 1.82. The molecule has 1 saturated heterocycles. The molecular formula is C23H25N3O3. The molecule has 2 aliphatic heterocycles. The molecule has 0 bridgehead atoms. The van der Waals surface area contributed by atoms with Crippen molar-refractivity contribution in [2.45, 2.75) is 24.8 Å². The quantitative estimate of drug-likeness (QED) is 0.868. The molecule has 4 rings (SSSR count). The van der Waals surface area contributed by atoms with Crippen molar-refractivity contribution in [3.05, 3.63) is 71.3 Å². The van der Waals surface area contributed by atoms with Crippen molar-refractivity contribution in [1.29, 1.82) is 0 Å². The first-order valence-electron chi connectivity index (χ1n) is 10.0. The average molecular weight is 391 g/mol. The second-order valence-electron chi connectivity index (χ2n) is 7.71. The lowest BCUT2D eigenvalue weighted by Crippen LogP contribution is -2.52. The molecule has 29 heavy (non-hydrogen) atoms. The van der Waals surface area contributed by atoms with Gasteiger partial charge in [-0.05, 0) is 23.6 Å². The number of nitrogens with zero attached hydrogens (tertiary/aromatic N) is 2. The first-order valence-corrected chi connectivity index (χ1v) is 10.0. The van der Waals surface area contributed by atoms with E-state index in [1.165, 1.54) is 0 Å². The summed E-state index contributed by atoms with van der Waals surface area (Å²) in [5.41, 5.74) is 2.34. The summed E-state index contributed by atoms with van der Waals surface area (Å²) in [6.07, 6.45) is 1.19. The molecule has 2 aromatic rings. The first kappa shape index (κ1) is 19.2. The lowest BCUT2D eigenvalue weighted by Gasteiger charge is -2.36. The molecule has 6 nitrogen and oxygen atoms in total. The SMILES string of the molecule is CN1CC(C(=O)N2CCCNC(=O)C2Cc2ccccc2)c2ccccc2C1=O. The van der Waals surface area contributed by atoms with E-state index >= 15 is 0 Å². The molecule has 2 unspecified atom stereocenters. The number of carbonyl (C=O) groups excluding carboxylic acids is 3. The van der Waals surface area contributed by atoms with Crippen molar-refractivity contribution in [2.75, 3.05) is 26.7 Å². The predicted molar refractivity (Wildman–Crippen MR) is 109 cm³/mol. The van der Waals surface area contributed by atoms with Crippen LogP contribution in [0.3, 0.4) is 0 Å². The Hall–Kier alpha value is -3.15. The molecular weight excluding hydrogens is 366 g/mol. The Morgan fingerprint density at radius 2 is 1.79 bits per heavy atom. The van der Waals surface area contributed by atoms with E-state index in [4.69, 9.17) is 0 Å². The smallest absolute Gasteiger partial charge is 0.253 e. The molecule has 0 radical (unpaired) electrons. The van der Waals surface area contributed by atoms with Crippen LogP contribution in [0, 0.1) is 0 Å².